The van der Waals surface area contributed by atoms with Crippen molar-refractivity contribution in [1.29, 1.82) is 0 Å². The highest BCUT2D eigenvalue weighted by atomic mass is 15.1. The summed E-state index contributed by atoms with van der Waals surface area (Å²) in [7, 11) is 0. The van der Waals surface area contributed by atoms with Gasteiger partial charge in [0.1, 0.15) is 0 Å². The van der Waals surface area contributed by atoms with Crippen LogP contribution < -0.4 is 29.5 Å². The lowest BCUT2D eigenvalue weighted by molar-refractivity contribution is 0.866. The smallest absolute Gasteiger partial charge is 0.0365 e. The van der Waals surface area contributed by atoms with Gasteiger partial charge in [0.25, 0.3) is 0 Å². The molecule has 0 spiro atoms. The molecule has 0 bridgehead atoms. The van der Waals surface area contributed by atoms with Crippen molar-refractivity contribution in [3.8, 4) is 0 Å². The number of para-hydroxylation sites is 1. The van der Waals surface area contributed by atoms with Gasteiger partial charge in [-0.15, -0.1) is 0 Å². The van der Waals surface area contributed by atoms with Crippen LogP contribution in [0, 0.1) is 0 Å². The first-order chi connectivity index (χ1) is 5.38. The Kier molecular flexibility index (Phi) is 20.2. The first-order valence-corrected chi connectivity index (χ1v) is 4.18. The lowest BCUT2D eigenvalue weighted by Gasteiger charge is -2.20. The fraction of sp³-hybridized carbons (Fsp3) is 0.400. The molecule has 0 radical (unpaired) electrons. The van der Waals surface area contributed by atoms with Crippen LogP contribution in [0.15, 0.2) is 30.3 Å². The van der Waals surface area contributed by atoms with Crippen molar-refractivity contribution in [2.45, 2.75) is 13.8 Å². The Morgan fingerprint density at radius 2 is 1.20 bits per heavy atom. The van der Waals surface area contributed by atoms with Gasteiger partial charge in [-0.25, -0.2) is 0 Å². The van der Waals surface area contributed by atoms with Crippen molar-refractivity contribution in [2.24, 2.45) is 0 Å². The maximum absolute atomic E-state index is 2.33. The van der Waals surface area contributed by atoms with Crippen molar-refractivity contribution < 1.29 is 0 Å². The van der Waals surface area contributed by atoms with Gasteiger partial charge in [0.15, 0.2) is 0 Å². The molecule has 0 atom stereocenters. The molecule has 92 valence electrons. The molecule has 0 saturated carbocycles. The molecule has 12 N–H and O–H groups in total. The van der Waals surface area contributed by atoms with Gasteiger partial charge < -0.3 is 29.5 Å². The van der Waals surface area contributed by atoms with Gasteiger partial charge in [0.2, 0.25) is 0 Å². The second-order valence-electron chi connectivity index (χ2n) is 2.51. The third-order valence-corrected chi connectivity index (χ3v) is 1.88. The zero-order valence-electron chi connectivity index (χ0n) is 10.1. The van der Waals surface area contributed by atoms with Crippen LogP contribution in [0.3, 0.4) is 0 Å². The summed E-state index contributed by atoms with van der Waals surface area (Å²) in [6, 6.07) is 10.5. The minimum absolute atomic E-state index is 0. The Balaban J connectivity index is -0.000000151. The summed E-state index contributed by atoms with van der Waals surface area (Å²) in [5.41, 5.74) is 1.32. The quantitative estimate of drug-likeness (QED) is 0.614. The molecule has 0 amide bonds. The predicted octanol–water partition coefficient (Wildman–Crippen LogP) is 3.18. The zero-order chi connectivity index (χ0) is 8.10. The zero-order valence-corrected chi connectivity index (χ0v) is 10.1. The Hall–Kier alpha value is -1.14. The van der Waals surface area contributed by atoms with Gasteiger partial charge >= 0.3 is 0 Å². The van der Waals surface area contributed by atoms with Gasteiger partial charge in [-0.1, -0.05) is 18.2 Å². The summed E-state index contributed by atoms with van der Waals surface area (Å²) in [4.78, 5) is 2.33. The normalized spacial score (nSPS) is 7.07. The molecule has 0 aliphatic heterocycles. The van der Waals surface area contributed by atoms with E-state index in [0.717, 1.165) is 13.1 Å². The van der Waals surface area contributed by atoms with Crippen LogP contribution in [0.2, 0.25) is 0 Å². The molecular weight excluding hydrogens is 190 g/mol. The molecule has 15 heavy (non-hydrogen) atoms. The molecule has 5 heteroatoms. The maximum Gasteiger partial charge on any atom is 0.0365 e. The van der Waals surface area contributed by atoms with E-state index in [0.29, 0.717) is 0 Å². The van der Waals surface area contributed by atoms with Crippen LogP contribution in [0.1, 0.15) is 13.8 Å². The molecule has 0 saturated heterocycles. The Morgan fingerprint density at radius 3 is 1.53 bits per heavy atom. The SMILES string of the molecule is CCN(CC)c1ccccc1.N.N.N.N. The van der Waals surface area contributed by atoms with Gasteiger partial charge in [-0.05, 0) is 26.0 Å². The van der Waals surface area contributed by atoms with E-state index in [1.807, 2.05) is 6.07 Å². The summed E-state index contributed by atoms with van der Waals surface area (Å²) in [5, 5.41) is 0. The standard InChI is InChI=1S/C10H15N.4H3N/c1-3-11(4-2)10-8-6-5-7-9-10;;;;/h5-9H,3-4H2,1-2H3;4*1H3. The summed E-state index contributed by atoms with van der Waals surface area (Å²) < 4.78 is 0. The highest BCUT2D eigenvalue weighted by molar-refractivity contribution is 5.45. The van der Waals surface area contributed by atoms with E-state index < -0.39 is 0 Å². The van der Waals surface area contributed by atoms with Gasteiger partial charge in [-0.3, -0.25) is 0 Å². The number of anilines is 1. The van der Waals surface area contributed by atoms with Crippen molar-refractivity contribution >= 4 is 5.69 Å². The fourth-order valence-corrected chi connectivity index (χ4v) is 1.23. The van der Waals surface area contributed by atoms with Crippen LogP contribution in [0.4, 0.5) is 5.69 Å². The third-order valence-electron chi connectivity index (χ3n) is 1.88. The van der Waals surface area contributed by atoms with Crippen molar-refractivity contribution in [2.75, 3.05) is 18.0 Å². The number of hydrogen-bond acceptors (Lipinski definition) is 5. The Labute approximate surface area is 93.2 Å². The van der Waals surface area contributed by atoms with E-state index in [9.17, 15) is 0 Å². The summed E-state index contributed by atoms with van der Waals surface area (Å²) in [6.45, 7) is 6.52. The Bertz CT molecular complexity index is 198. The number of nitrogens with zero attached hydrogens (tertiary/aromatic N) is 1. The molecule has 0 unspecified atom stereocenters. The number of rotatable bonds is 3. The van der Waals surface area contributed by atoms with Crippen molar-refractivity contribution in [1.82, 2.24) is 24.6 Å². The van der Waals surface area contributed by atoms with Crippen LogP contribution in [-0.4, -0.2) is 13.1 Å². The van der Waals surface area contributed by atoms with E-state index in [1.165, 1.54) is 5.69 Å². The van der Waals surface area contributed by atoms with E-state index in [4.69, 9.17) is 0 Å². The second kappa shape index (κ2) is 12.9. The monoisotopic (exact) mass is 217 g/mol. The van der Waals surface area contributed by atoms with Crippen molar-refractivity contribution in [3.63, 3.8) is 0 Å². The highest BCUT2D eigenvalue weighted by Gasteiger charge is 1.97. The first-order valence-electron chi connectivity index (χ1n) is 4.18. The van der Waals surface area contributed by atoms with Gasteiger partial charge in [-0.2, -0.15) is 0 Å². The fourth-order valence-electron chi connectivity index (χ4n) is 1.23. The Morgan fingerprint density at radius 1 is 0.800 bits per heavy atom. The number of benzene rings is 1. The largest absolute Gasteiger partial charge is 0.372 e. The molecule has 1 aromatic rings. The van der Waals surface area contributed by atoms with Gasteiger partial charge in [0, 0.05) is 18.8 Å². The topological polar surface area (TPSA) is 143 Å². The van der Waals surface area contributed by atoms with E-state index in [2.05, 4.69) is 43.0 Å². The van der Waals surface area contributed by atoms with Crippen LogP contribution >= 0.6 is 0 Å². The average molecular weight is 217 g/mol. The van der Waals surface area contributed by atoms with Crippen LogP contribution in [-0.2, 0) is 0 Å². The van der Waals surface area contributed by atoms with Crippen LogP contribution in [0.25, 0.3) is 0 Å². The summed E-state index contributed by atoms with van der Waals surface area (Å²) in [5.74, 6) is 0. The second-order valence-corrected chi connectivity index (χ2v) is 2.51. The molecule has 0 aliphatic rings. The molecule has 0 heterocycles. The van der Waals surface area contributed by atoms with Crippen molar-refractivity contribution in [3.05, 3.63) is 30.3 Å². The van der Waals surface area contributed by atoms with Crippen LogP contribution in [0.5, 0.6) is 0 Å². The molecule has 0 aromatic heterocycles. The van der Waals surface area contributed by atoms with E-state index >= 15 is 0 Å². The molecule has 1 rings (SSSR count). The molecule has 0 aliphatic carbocycles. The lowest BCUT2D eigenvalue weighted by atomic mass is 10.3. The first kappa shape index (κ1) is 23.6. The van der Waals surface area contributed by atoms with E-state index in [1.54, 1.807) is 0 Å². The summed E-state index contributed by atoms with van der Waals surface area (Å²) >= 11 is 0. The molecule has 1 aromatic carbocycles. The predicted molar refractivity (Wildman–Crippen MR) is 70.1 cm³/mol. The van der Waals surface area contributed by atoms with Gasteiger partial charge in [0.05, 0.1) is 0 Å². The minimum atomic E-state index is 0. The molecular formula is C10H27N5. The molecule has 0 fully saturated rings. The van der Waals surface area contributed by atoms with E-state index in [-0.39, 0.29) is 24.6 Å². The third kappa shape index (κ3) is 6.87. The lowest BCUT2D eigenvalue weighted by Crippen LogP contribution is -2.21. The number of hydrogen-bond donors (Lipinski definition) is 4. The summed E-state index contributed by atoms with van der Waals surface area (Å²) in [6.07, 6.45) is 0. The average Bonchev–Trinajstić information content (AvgIpc) is 2.09. The minimum Gasteiger partial charge on any atom is -0.372 e. The maximum atomic E-state index is 2.33. The highest BCUT2D eigenvalue weighted by Crippen LogP contribution is 2.11. The molecule has 5 nitrogen and oxygen atoms in total.